The molecule has 1 saturated carbocycles. The number of hydrogen-bond donors (Lipinski definition) is 0. The number of nitrogens with zero attached hydrogens (tertiary/aromatic N) is 1. The summed E-state index contributed by atoms with van der Waals surface area (Å²) in [7, 11) is 1.73. The van der Waals surface area contributed by atoms with E-state index in [0.717, 1.165) is 35.7 Å². The maximum Gasteiger partial charge on any atom is 0.124 e. The van der Waals surface area contributed by atoms with Crippen molar-refractivity contribution in [2.24, 2.45) is 5.92 Å². The van der Waals surface area contributed by atoms with E-state index in [1.165, 1.54) is 25.0 Å². The molecule has 4 heteroatoms. The van der Waals surface area contributed by atoms with Gasteiger partial charge in [-0.05, 0) is 43.4 Å². The van der Waals surface area contributed by atoms with E-state index >= 15 is 0 Å². The van der Waals surface area contributed by atoms with Gasteiger partial charge in [-0.25, -0.2) is 4.39 Å². The van der Waals surface area contributed by atoms with Crippen LogP contribution in [0.15, 0.2) is 22.7 Å². The van der Waals surface area contributed by atoms with E-state index in [-0.39, 0.29) is 5.82 Å². The summed E-state index contributed by atoms with van der Waals surface area (Å²) in [4.78, 5) is 2.43. The van der Waals surface area contributed by atoms with Crippen LogP contribution in [0.2, 0.25) is 0 Å². The first-order valence-electron chi connectivity index (χ1n) is 6.78. The van der Waals surface area contributed by atoms with Crippen molar-refractivity contribution in [3.63, 3.8) is 0 Å². The molecule has 2 nitrogen and oxygen atoms in total. The molecule has 19 heavy (non-hydrogen) atoms. The summed E-state index contributed by atoms with van der Waals surface area (Å²) < 4.78 is 19.2. The predicted octanol–water partition coefficient (Wildman–Crippen LogP) is 3.84. The average Bonchev–Trinajstić information content (AvgIpc) is 3.20. The lowest BCUT2D eigenvalue weighted by molar-refractivity contribution is 0.111. The van der Waals surface area contributed by atoms with E-state index in [1.807, 2.05) is 6.07 Å². The van der Waals surface area contributed by atoms with Crippen molar-refractivity contribution in [2.75, 3.05) is 20.3 Å². The molecule has 0 radical (unpaired) electrons. The molecule has 106 valence electrons. The molecule has 2 rings (SSSR count). The number of hydrogen-bond acceptors (Lipinski definition) is 2. The molecule has 1 aromatic rings. The highest BCUT2D eigenvalue weighted by molar-refractivity contribution is 9.10. The van der Waals surface area contributed by atoms with Crippen LogP contribution in [0.25, 0.3) is 0 Å². The van der Waals surface area contributed by atoms with Crippen molar-refractivity contribution in [1.29, 1.82) is 0 Å². The highest BCUT2D eigenvalue weighted by Gasteiger charge is 2.31. The number of rotatable bonds is 7. The predicted molar refractivity (Wildman–Crippen MR) is 78.6 cm³/mol. The Morgan fingerprint density at radius 1 is 1.47 bits per heavy atom. The van der Waals surface area contributed by atoms with Gasteiger partial charge in [0.25, 0.3) is 0 Å². The zero-order valence-electron chi connectivity index (χ0n) is 11.5. The molecule has 0 spiro atoms. The van der Waals surface area contributed by atoms with E-state index in [2.05, 4.69) is 27.8 Å². The SMILES string of the molecule is COCCN(Cc1ccc(F)cc1Br)C(C)C1CC1. The first-order valence-corrected chi connectivity index (χ1v) is 7.58. The Kier molecular flexibility index (Phi) is 5.37. The summed E-state index contributed by atoms with van der Waals surface area (Å²) in [6.45, 7) is 4.76. The molecule has 0 saturated heterocycles. The highest BCUT2D eigenvalue weighted by atomic mass is 79.9. The summed E-state index contributed by atoms with van der Waals surface area (Å²) in [6.07, 6.45) is 2.66. The van der Waals surface area contributed by atoms with Gasteiger partial charge in [-0.3, -0.25) is 4.90 Å². The number of ether oxygens (including phenoxy) is 1. The van der Waals surface area contributed by atoms with Crippen LogP contribution in [0.1, 0.15) is 25.3 Å². The summed E-state index contributed by atoms with van der Waals surface area (Å²) in [5.41, 5.74) is 1.13. The standard InChI is InChI=1S/C15H21BrFNO/c1-11(12-3-4-12)18(7-8-19-2)10-13-5-6-14(17)9-15(13)16/h5-6,9,11-12H,3-4,7-8,10H2,1-2H3. The topological polar surface area (TPSA) is 12.5 Å². The number of benzene rings is 1. The molecule has 1 atom stereocenters. The smallest absolute Gasteiger partial charge is 0.124 e. The number of methoxy groups -OCH3 is 1. The van der Waals surface area contributed by atoms with Gasteiger partial charge in [-0.2, -0.15) is 0 Å². The van der Waals surface area contributed by atoms with Gasteiger partial charge in [-0.15, -0.1) is 0 Å². The fourth-order valence-corrected chi connectivity index (χ4v) is 2.86. The molecular formula is C15H21BrFNO. The van der Waals surface area contributed by atoms with Crippen LogP contribution >= 0.6 is 15.9 Å². The Labute approximate surface area is 123 Å². The van der Waals surface area contributed by atoms with Crippen LogP contribution in [0.5, 0.6) is 0 Å². The minimum atomic E-state index is -0.200. The first kappa shape index (κ1) is 14.9. The third-order valence-electron chi connectivity index (χ3n) is 3.85. The monoisotopic (exact) mass is 329 g/mol. The Bertz CT molecular complexity index is 423. The Hall–Kier alpha value is -0.450. The van der Waals surface area contributed by atoms with E-state index in [1.54, 1.807) is 7.11 Å². The zero-order chi connectivity index (χ0) is 13.8. The molecule has 1 aliphatic rings. The molecule has 1 fully saturated rings. The molecular weight excluding hydrogens is 309 g/mol. The van der Waals surface area contributed by atoms with Crippen molar-refractivity contribution < 1.29 is 9.13 Å². The molecule has 1 unspecified atom stereocenters. The van der Waals surface area contributed by atoms with Crippen LogP contribution in [-0.4, -0.2) is 31.2 Å². The second-order valence-electron chi connectivity index (χ2n) is 5.28. The fourth-order valence-electron chi connectivity index (χ4n) is 2.38. The van der Waals surface area contributed by atoms with Gasteiger partial charge in [0, 0.05) is 30.7 Å². The van der Waals surface area contributed by atoms with Crippen molar-refractivity contribution in [1.82, 2.24) is 4.90 Å². The van der Waals surface area contributed by atoms with Crippen molar-refractivity contribution >= 4 is 15.9 Å². The molecule has 1 aromatic carbocycles. The second kappa shape index (κ2) is 6.82. The minimum absolute atomic E-state index is 0.200. The van der Waals surface area contributed by atoms with Gasteiger partial charge in [0.1, 0.15) is 5.82 Å². The van der Waals surface area contributed by atoms with Crippen LogP contribution in [0.4, 0.5) is 4.39 Å². The van der Waals surface area contributed by atoms with Crippen molar-refractivity contribution in [3.05, 3.63) is 34.1 Å². The lowest BCUT2D eigenvalue weighted by atomic mass is 10.1. The molecule has 0 heterocycles. The molecule has 1 aliphatic carbocycles. The molecule has 0 aliphatic heterocycles. The maximum absolute atomic E-state index is 13.1. The molecule has 0 bridgehead atoms. The van der Waals surface area contributed by atoms with Gasteiger partial charge < -0.3 is 4.74 Å². The van der Waals surface area contributed by atoms with E-state index in [9.17, 15) is 4.39 Å². The van der Waals surface area contributed by atoms with Crippen molar-refractivity contribution in [3.8, 4) is 0 Å². The second-order valence-corrected chi connectivity index (χ2v) is 6.13. The van der Waals surface area contributed by atoms with Crippen LogP contribution < -0.4 is 0 Å². The van der Waals surface area contributed by atoms with Gasteiger partial charge in [0.15, 0.2) is 0 Å². The third kappa shape index (κ3) is 4.26. The maximum atomic E-state index is 13.1. The van der Waals surface area contributed by atoms with E-state index < -0.39 is 0 Å². The van der Waals surface area contributed by atoms with Crippen LogP contribution in [0.3, 0.4) is 0 Å². The summed E-state index contributed by atoms with van der Waals surface area (Å²) in [6, 6.07) is 5.48. The Morgan fingerprint density at radius 2 is 2.21 bits per heavy atom. The lowest BCUT2D eigenvalue weighted by Crippen LogP contribution is -2.36. The van der Waals surface area contributed by atoms with Gasteiger partial charge in [0.05, 0.1) is 6.61 Å². The average molecular weight is 330 g/mol. The normalized spacial score (nSPS) is 16.9. The Balaban J connectivity index is 2.05. The summed E-state index contributed by atoms with van der Waals surface area (Å²) in [5, 5.41) is 0. The van der Waals surface area contributed by atoms with Gasteiger partial charge in [-0.1, -0.05) is 22.0 Å². The zero-order valence-corrected chi connectivity index (χ0v) is 13.1. The quantitative estimate of drug-likeness (QED) is 0.753. The van der Waals surface area contributed by atoms with E-state index in [4.69, 9.17) is 4.74 Å². The minimum Gasteiger partial charge on any atom is -0.383 e. The molecule has 0 amide bonds. The summed E-state index contributed by atoms with van der Waals surface area (Å²) in [5.74, 6) is 0.616. The third-order valence-corrected chi connectivity index (χ3v) is 4.59. The van der Waals surface area contributed by atoms with Gasteiger partial charge >= 0.3 is 0 Å². The van der Waals surface area contributed by atoms with Crippen LogP contribution in [0, 0.1) is 11.7 Å². The molecule has 0 aromatic heterocycles. The Morgan fingerprint density at radius 3 is 2.79 bits per heavy atom. The number of halogens is 2. The van der Waals surface area contributed by atoms with E-state index in [0.29, 0.717) is 6.04 Å². The lowest BCUT2D eigenvalue weighted by Gasteiger charge is -2.29. The fraction of sp³-hybridized carbons (Fsp3) is 0.600. The molecule has 0 N–H and O–H groups in total. The van der Waals surface area contributed by atoms with Crippen molar-refractivity contribution in [2.45, 2.75) is 32.4 Å². The highest BCUT2D eigenvalue weighted by Crippen LogP contribution is 2.36. The van der Waals surface area contributed by atoms with Gasteiger partial charge in [0.2, 0.25) is 0 Å². The van der Waals surface area contributed by atoms with Crippen LogP contribution in [-0.2, 0) is 11.3 Å². The first-order chi connectivity index (χ1) is 9.11. The summed E-state index contributed by atoms with van der Waals surface area (Å²) >= 11 is 3.45. The largest absolute Gasteiger partial charge is 0.383 e.